The molecule has 0 spiro atoms. The lowest BCUT2D eigenvalue weighted by molar-refractivity contribution is 0.584. The van der Waals surface area contributed by atoms with E-state index in [2.05, 4.69) is 0 Å². The lowest BCUT2D eigenvalue weighted by Gasteiger charge is -2.07. The summed E-state index contributed by atoms with van der Waals surface area (Å²) in [5.74, 6) is 0. The first-order valence-corrected chi connectivity index (χ1v) is 6.85. The minimum atomic E-state index is -3.40. The molecule has 2 aromatic rings. The van der Waals surface area contributed by atoms with E-state index in [1.54, 1.807) is 35.9 Å². The van der Waals surface area contributed by atoms with Crippen LogP contribution in [0.25, 0.3) is 0 Å². The Hall–Kier alpha value is -1.55. The Bertz CT molecular complexity index is 637. The quantitative estimate of drug-likeness (QED) is 0.820. The third kappa shape index (κ3) is 2.00. The molecule has 17 heavy (non-hydrogen) atoms. The largest absolute Gasteiger partial charge is 0.339 e. The first kappa shape index (κ1) is 11.9. The van der Waals surface area contributed by atoms with Gasteiger partial charge in [0.15, 0.2) is 0 Å². The molecule has 1 aromatic heterocycles. The highest BCUT2D eigenvalue weighted by molar-refractivity contribution is 7.91. The fourth-order valence-electron chi connectivity index (χ4n) is 1.70. The summed E-state index contributed by atoms with van der Waals surface area (Å²) in [7, 11) is -1.64. The third-order valence-electron chi connectivity index (χ3n) is 2.93. The minimum Gasteiger partial charge on any atom is -0.339 e. The highest BCUT2D eigenvalue weighted by atomic mass is 32.2. The van der Waals surface area contributed by atoms with Gasteiger partial charge in [-0.3, -0.25) is 0 Å². The molecule has 4 heteroatoms. The molecule has 0 saturated carbocycles. The predicted octanol–water partition coefficient (Wildman–Crippen LogP) is 2.47. The van der Waals surface area contributed by atoms with Gasteiger partial charge in [0.1, 0.15) is 5.03 Å². The van der Waals surface area contributed by atoms with Crippen LogP contribution in [0.15, 0.2) is 46.3 Å². The van der Waals surface area contributed by atoms with Gasteiger partial charge in [-0.15, -0.1) is 0 Å². The van der Waals surface area contributed by atoms with Crippen molar-refractivity contribution in [3.8, 4) is 0 Å². The number of nitrogens with zero attached hydrogens (tertiary/aromatic N) is 1. The van der Waals surface area contributed by atoms with Crippen molar-refractivity contribution in [2.75, 3.05) is 0 Å². The summed E-state index contributed by atoms with van der Waals surface area (Å²) < 4.78 is 26.4. The lowest BCUT2D eigenvalue weighted by atomic mass is 10.2. The molecule has 1 aromatic carbocycles. The van der Waals surface area contributed by atoms with Gasteiger partial charge in [-0.25, -0.2) is 8.42 Å². The number of sulfone groups is 1. The number of rotatable bonds is 2. The monoisotopic (exact) mass is 249 g/mol. The molecule has 0 unspecified atom stereocenters. The standard InChI is InChI=1S/C13H15NO2S/c1-10-4-7-12(8-5-10)17(15,16)13-9-6-11(2)14(13)3/h4-9H,1-3H3. The van der Waals surface area contributed by atoms with Crippen LogP contribution in [-0.2, 0) is 16.9 Å². The van der Waals surface area contributed by atoms with Crippen molar-refractivity contribution >= 4 is 9.84 Å². The number of benzene rings is 1. The molecule has 0 aliphatic carbocycles. The highest BCUT2D eigenvalue weighted by Gasteiger charge is 2.20. The smallest absolute Gasteiger partial charge is 0.222 e. The van der Waals surface area contributed by atoms with Gasteiger partial charge < -0.3 is 4.57 Å². The maximum atomic E-state index is 12.4. The molecule has 1 heterocycles. The fourth-order valence-corrected chi connectivity index (χ4v) is 3.18. The van der Waals surface area contributed by atoms with Crippen molar-refractivity contribution in [1.82, 2.24) is 4.57 Å². The molecule has 2 rings (SSSR count). The van der Waals surface area contributed by atoms with E-state index in [0.717, 1.165) is 11.3 Å². The van der Waals surface area contributed by atoms with Crippen LogP contribution < -0.4 is 0 Å². The van der Waals surface area contributed by atoms with Gasteiger partial charge in [-0.1, -0.05) is 17.7 Å². The number of aromatic nitrogens is 1. The van der Waals surface area contributed by atoms with Crippen LogP contribution in [0.1, 0.15) is 11.3 Å². The number of hydrogen-bond acceptors (Lipinski definition) is 2. The molecule has 0 fully saturated rings. The summed E-state index contributed by atoms with van der Waals surface area (Å²) in [4.78, 5) is 0.337. The van der Waals surface area contributed by atoms with E-state index >= 15 is 0 Å². The first-order chi connectivity index (χ1) is 7.93. The Morgan fingerprint density at radius 1 is 0.941 bits per heavy atom. The molecular weight excluding hydrogens is 234 g/mol. The topological polar surface area (TPSA) is 39.1 Å². The second-order valence-electron chi connectivity index (χ2n) is 4.19. The van der Waals surface area contributed by atoms with E-state index in [0.29, 0.717) is 9.92 Å². The van der Waals surface area contributed by atoms with Crippen LogP contribution in [0.3, 0.4) is 0 Å². The first-order valence-electron chi connectivity index (χ1n) is 5.37. The van der Waals surface area contributed by atoms with Gasteiger partial charge in [-0.2, -0.15) is 0 Å². The maximum Gasteiger partial charge on any atom is 0.222 e. The Morgan fingerprint density at radius 3 is 2.00 bits per heavy atom. The van der Waals surface area contributed by atoms with Gasteiger partial charge in [0.05, 0.1) is 4.90 Å². The van der Waals surface area contributed by atoms with Crippen LogP contribution in [0, 0.1) is 13.8 Å². The number of hydrogen-bond donors (Lipinski definition) is 0. The highest BCUT2D eigenvalue weighted by Crippen LogP contribution is 2.22. The average Bonchev–Trinajstić information content (AvgIpc) is 2.61. The van der Waals surface area contributed by atoms with Gasteiger partial charge in [0, 0.05) is 12.7 Å². The SMILES string of the molecule is Cc1ccc(S(=O)(=O)c2ccc(C)n2C)cc1. The van der Waals surface area contributed by atoms with E-state index in [-0.39, 0.29) is 0 Å². The summed E-state index contributed by atoms with van der Waals surface area (Å²) in [5.41, 5.74) is 1.97. The summed E-state index contributed by atoms with van der Waals surface area (Å²) >= 11 is 0. The van der Waals surface area contributed by atoms with Crippen molar-refractivity contribution in [3.63, 3.8) is 0 Å². The predicted molar refractivity (Wildman–Crippen MR) is 66.8 cm³/mol. The minimum absolute atomic E-state index is 0.332. The maximum absolute atomic E-state index is 12.4. The third-order valence-corrected chi connectivity index (χ3v) is 4.79. The van der Waals surface area contributed by atoms with E-state index in [9.17, 15) is 8.42 Å². The van der Waals surface area contributed by atoms with Crippen LogP contribution in [-0.4, -0.2) is 13.0 Å². The van der Waals surface area contributed by atoms with Crippen molar-refractivity contribution < 1.29 is 8.42 Å². The molecule has 0 saturated heterocycles. The van der Waals surface area contributed by atoms with E-state index in [4.69, 9.17) is 0 Å². The average molecular weight is 249 g/mol. The van der Waals surface area contributed by atoms with Crippen LogP contribution in [0.2, 0.25) is 0 Å². The zero-order valence-electron chi connectivity index (χ0n) is 10.1. The summed E-state index contributed by atoms with van der Waals surface area (Å²) in [5, 5.41) is 0.332. The molecule has 90 valence electrons. The van der Waals surface area contributed by atoms with Crippen molar-refractivity contribution in [3.05, 3.63) is 47.7 Å². The Morgan fingerprint density at radius 2 is 1.53 bits per heavy atom. The molecule has 0 bridgehead atoms. The van der Waals surface area contributed by atoms with Gasteiger partial charge >= 0.3 is 0 Å². The van der Waals surface area contributed by atoms with Crippen LogP contribution in [0.5, 0.6) is 0 Å². The summed E-state index contributed by atoms with van der Waals surface area (Å²) in [6, 6.07) is 10.4. The van der Waals surface area contributed by atoms with Gasteiger partial charge in [0.25, 0.3) is 0 Å². The lowest BCUT2D eigenvalue weighted by Crippen LogP contribution is -2.08. The molecular formula is C13H15NO2S. The van der Waals surface area contributed by atoms with Gasteiger partial charge in [0.2, 0.25) is 9.84 Å². The molecule has 0 amide bonds. The van der Waals surface area contributed by atoms with E-state index < -0.39 is 9.84 Å². The molecule has 0 atom stereocenters. The molecule has 3 nitrogen and oxygen atoms in total. The molecule has 0 aliphatic rings. The normalized spacial score (nSPS) is 11.7. The van der Waals surface area contributed by atoms with Crippen LogP contribution >= 0.6 is 0 Å². The number of aryl methyl sites for hydroxylation is 2. The zero-order valence-corrected chi connectivity index (χ0v) is 11.0. The van der Waals surface area contributed by atoms with Crippen LogP contribution in [0.4, 0.5) is 0 Å². The second kappa shape index (κ2) is 4.04. The van der Waals surface area contributed by atoms with Crippen molar-refractivity contribution in [2.24, 2.45) is 7.05 Å². The summed E-state index contributed by atoms with van der Waals surface area (Å²) in [6.45, 7) is 3.82. The second-order valence-corrected chi connectivity index (χ2v) is 6.09. The van der Waals surface area contributed by atoms with E-state index in [1.807, 2.05) is 26.0 Å². The van der Waals surface area contributed by atoms with Crippen molar-refractivity contribution in [2.45, 2.75) is 23.8 Å². The Balaban J connectivity index is 2.58. The Labute approximate surface area is 102 Å². The fraction of sp³-hybridized carbons (Fsp3) is 0.231. The molecule has 0 radical (unpaired) electrons. The van der Waals surface area contributed by atoms with E-state index in [1.165, 1.54) is 0 Å². The molecule has 0 N–H and O–H groups in total. The zero-order chi connectivity index (χ0) is 12.6. The van der Waals surface area contributed by atoms with Gasteiger partial charge in [-0.05, 0) is 38.1 Å². The summed E-state index contributed by atoms with van der Waals surface area (Å²) in [6.07, 6.45) is 0. The Kier molecular flexibility index (Phi) is 2.83. The molecule has 0 aliphatic heterocycles. The van der Waals surface area contributed by atoms with Crippen molar-refractivity contribution in [1.29, 1.82) is 0 Å².